The average Bonchev–Trinajstić information content (AvgIpc) is 3.41. The fourth-order valence-electron chi connectivity index (χ4n) is 4.43. The van der Waals surface area contributed by atoms with Crippen LogP contribution in [0.2, 0.25) is 5.02 Å². The molecule has 200 valence electrons. The second-order valence-electron chi connectivity index (χ2n) is 9.36. The second kappa shape index (κ2) is 12.4. The maximum Gasteiger partial charge on any atom is 0.248 e. The second-order valence-corrected chi connectivity index (χ2v) is 10.8. The predicted octanol–water partition coefficient (Wildman–Crippen LogP) is 5.95. The van der Waals surface area contributed by atoms with Crippen molar-refractivity contribution in [3.63, 3.8) is 0 Å². The lowest BCUT2D eigenvalue weighted by atomic mass is 10.0. The third-order valence-corrected chi connectivity index (χ3v) is 7.59. The standard InChI is InChI=1S/C28H31ClN4O4S/c1-16(34)7-5-4-6-8-24(27(36)33-28-32-23-11-9-18(29)13-25(23)38-28)31-26(35)15-20-17(2)30-22-12-10-19(37-3)14-21(20)22/h9-14,24,30H,4-8,15H2,1-3H3,(H,31,35)(H,32,33,36). The molecule has 8 nitrogen and oxygen atoms in total. The Hall–Kier alpha value is -3.43. The summed E-state index contributed by atoms with van der Waals surface area (Å²) in [7, 11) is 1.60. The summed E-state index contributed by atoms with van der Waals surface area (Å²) in [5.74, 6) is 0.275. The van der Waals surface area contributed by atoms with Crippen molar-refractivity contribution in [1.29, 1.82) is 0 Å². The van der Waals surface area contributed by atoms with Crippen LogP contribution in [0, 0.1) is 6.92 Å². The van der Waals surface area contributed by atoms with Crippen LogP contribution in [0.15, 0.2) is 36.4 Å². The molecule has 0 spiro atoms. The summed E-state index contributed by atoms with van der Waals surface area (Å²) in [5, 5.41) is 7.75. The number of amides is 2. The van der Waals surface area contributed by atoms with Crippen molar-refractivity contribution in [1.82, 2.24) is 15.3 Å². The van der Waals surface area contributed by atoms with Crippen LogP contribution in [0.3, 0.4) is 0 Å². The first kappa shape index (κ1) is 27.6. The van der Waals surface area contributed by atoms with E-state index in [1.54, 1.807) is 32.2 Å². The van der Waals surface area contributed by atoms with Crippen molar-refractivity contribution in [3.8, 4) is 5.75 Å². The topological polar surface area (TPSA) is 113 Å². The molecule has 3 N–H and O–H groups in total. The first-order valence-electron chi connectivity index (χ1n) is 12.5. The largest absolute Gasteiger partial charge is 0.497 e. The third-order valence-electron chi connectivity index (χ3n) is 6.42. The van der Waals surface area contributed by atoms with E-state index in [1.807, 2.05) is 25.1 Å². The smallest absolute Gasteiger partial charge is 0.248 e. The van der Waals surface area contributed by atoms with Crippen LogP contribution in [0.5, 0.6) is 5.75 Å². The van der Waals surface area contributed by atoms with Crippen molar-refractivity contribution < 1.29 is 19.1 Å². The Morgan fingerprint density at radius 3 is 2.71 bits per heavy atom. The Morgan fingerprint density at radius 1 is 1.13 bits per heavy atom. The number of halogens is 1. The molecule has 0 saturated heterocycles. The number of Topliss-reactive ketones (excluding diaryl/α,β-unsaturated/α-hetero) is 1. The third kappa shape index (κ3) is 6.90. The Balaban J connectivity index is 1.47. The number of thiazole rings is 1. The van der Waals surface area contributed by atoms with E-state index < -0.39 is 6.04 Å². The highest BCUT2D eigenvalue weighted by Gasteiger charge is 2.23. The number of ether oxygens (including phenoxy) is 1. The molecular formula is C28H31ClN4O4S. The van der Waals surface area contributed by atoms with Crippen LogP contribution >= 0.6 is 22.9 Å². The molecule has 0 bridgehead atoms. The number of aryl methyl sites for hydroxylation is 1. The highest BCUT2D eigenvalue weighted by atomic mass is 35.5. The summed E-state index contributed by atoms with van der Waals surface area (Å²) in [4.78, 5) is 45.5. The number of carbonyl (C=O) groups excluding carboxylic acids is 3. The number of aromatic nitrogens is 2. The van der Waals surface area contributed by atoms with E-state index in [-0.39, 0.29) is 24.0 Å². The van der Waals surface area contributed by atoms with Gasteiger partial charge in [0.05, 0.1) is 23.7 Å². The van der Waals surface area contributed by atoms with Gasteiger partial charge in [-0.05, 0) is 68.7 Å². The molecule has 10 heteroatoms. The van der Waals surface area contributed by atoms with E-state index in [0.717, 1.165) is 45.2 Å². The highest BCUT2D eigenvalue weighted by Crippen LogP contribution is 2.29. The van der Waals surface area contributed by atoms with Crippen LogP contribution in [-0.4, -0.2) is 40.7 Å². The van der Waals surface area contributed by atoms with Gasteiger partial charge in [-0.15, -0.1) is 0 Å². The van der Waals surface area contributed by atoms with Crippen LogP contribution < -0.4 is 15.4 Å². The van der Waals surface area contributed by atoms with Crippen molar-refractivity contribution >= 4 is 66.8 Å². The number of benzene rings is 2. The van der Waals surface area contributed by atoms with Gasteiger partial charge in [0.1, 0.15) is 17.6 Å². The number of carbonyl (C=O) groups is 3. The molecule has 0 aliphatic carbocycles. The normalized spacial score (nSPS) is 12.0. The molecule has 4 rings (SSSR count). The Labute approximate surface area is 230 Å². The first-order chi connectivity index (χ1) is 18.2. The fraction of sp³-hybridized carbons (Fsp3) is 0.357. The number of methoxy groups -OCH3 is 1. The number of fused-ring (bicyclic) bond motifs is 2. The molecule has 1 atom stereocenters. The van der Waals surface area contributed by atoms with Gasteiger partial charge in [0.25, 0.3) is 0 Å². The molecule has 4 aromatic rings. The predicted molar refractivity (Wildman–Crippen MR) is 152 cm³/mol. The van der Waals surface area contributed by atoms with Crippen LogP contribution in [-0.2, 0) is 20.8 Å². The zero-order valence-electron chi connectivity index (χ0n) is 21.7. The number of H-pyrrole nitrogens is 1. The van der Waals surface area contributed by atoms with Gasteiger partial charge < -0.3 is 25.1 Å². The summed E-state index contributed by atoms with van der Waals surface area (Å²) in [6, 6.07) is 10.3. The summed E-state index contributed by atoms with van der Waals surface area (Å²) in [6.07, 6.45) is 3.33. The minimum atomic E-state index is -0.740. The Bertz CT molecular complexity index is 1480. The summed E-state index contributed by atoms with van der Waals surface area (Å²) >= 11 is 7.41. The Morgan fingerprint density at radius 2 is 1.95 bits per heavy atom. The highest BCUT2D eigenvalue weighted by molar-refractivity contribution is 7.22. The SMILES string of the molecule is COc1ccc2[nH]c(C)c(CC(=O)NC(CCCCCC(C)=O)C(=O)Nc3nc4ccc(Cl)cc4s3)c2c1. The number of nitrogens with zero attached hydrogens (tertiary/aromatic N) is 1. The summed E-state index contributed by atoms with van der Waals surface area (Å²) in [6.45, 7) is 3.50. The lowest BCUT2D eigenvalue weighted by Gasteiger charge is -2.18. The van der Waals surface area contributed by atoms with Gasteiger partial charge in [-0.25, -0.2) is 4.98 Å². The number of anilines is 1. The van der Waals surface area contributed by atoms with Gasteiger partial charge in [-0.1, -0.05) is 35.8 Å². The zero-order valence-corrected chi connectivity index (χ0v) is 23.2. The summed E-state index contributed by atoms with van der Waals surface area (Å²) < 4.78 is 6.21. The zero-order chi connectivity index (χ0) is 27.2. The number of rotatable bonds is 12. The first-order valence-corrected chi connectivity index (χ1v) is 13.7. The molecule has 0 fully saturated rings. The van der Waals surface area contributed by atoms with E-state index in [0.29, 0.717) is 35.2 Å². The molecule has 38 heavy (non-hydrogen) atoms. The molecule has 2 heterocycles. The molecule has 0 aliphatic heterocycles. The van der Waals surface area contributed by atoms with Gasteiger partial charge in [0.2, 0.25) is 11.8 Å². The lowest BCUT2D eigenvalue weighted by molar-refractivity contribution is -0.126. The van der Waals surface area contributed by atoms with Gasteiger partial charge in [0.15, 0.2) is 5.13 Å². The molecule has 2 aromatic carbocycles. The van der Waals surface area contributed by atoms with Gasteiger partial charge in [-0.2, -0.15) is 0 Å². The van der Waals surface area contributed by atoms with Gasteiger partial charge >= 0.3 is 0 Å². The van der Waals surface area contributed by atoms with Crippen molar-refractivity contribution in [3.05, 3.63) is 52.7 Å². The number of aromatic amines is 1. The number of nitrogens with one attached hydrogen (secondary N) is 3. The van der Waals surface area contributed by atoms with Crippen molar-refractivity contribution in [2.24, 2.45) is 0 Å². The monoisotopic (exact) mass is 554 g/mol. The summed E-state index contributed by atoms with van der Waals surface area (Å²) in [5.41, 5.74) is 3.41. The maximum absolute atomic E-state index is 13.3. The maximum atomic E-state index is 13.3. The van der Waals surface area contributed by atoms with Gasteiger partial charge in [0, 0.05) is 28.0 Å². The van der Waals surface area contributed by atoms with Crippen LogP contribution in [0.1, 0.15) is 50.3 Å². The quantitative estimate of drug-likeness (QED) is 0.187. The van der Waals surface area contributed by atoms with E-state index in [4.69, 9.17) is 16.3 Å². The molecule has 0 aliphatic rings. The van der Waals surface area contributed by atoms with Crippen LogP contribution in [0.4, 0.5) is 5.13 Å². The van der Waals surface area contributed by atoms with E-state index in [1.165, 1.54) is 11.3 Å². The van der Waals surface area contributed by atoms with E-state index in [9.17, 15) is 14.4 Å². The average molecular weight is 555 g/mol. The number of hydrogen-bond acceptors (Lipinski definition) is 6. The van der Waals surface area contributed by atoms with Crippen LogP contribution in [0.25, 0.3) is 21.1 Å². The molecule has 2 amide bonds. The number of hydrogen-bond donors (Lipinski definition) is 3. The lowest BCUT2D eigenvalue weighted by Crippen LogP contribution is -2.44. The molecular weight excluding hydrogens is 524 g/mol. The molecule has 2 aromatic heterocycles. The van der Waals surface area contributed by atoms with Gasteiger partial charge in [-0.3, -0.25) is 9.59 Å². The molecule has 0 radical (unpaired) electrons. The van der Waals surface area contributed by atoms with Crippen molar-refractivity contribution in [2.75, 3.05) is 12.4 Å². The fourth-order valence-corrected chi connectivity index (χ4v) is 5.58. The molecule has 0 saturated carbocycles. The number of unbranched alkanes of at least 4 members (excludes halogenated alkanes) is 2. The van der Waals surface area contributed by atoms with E-state index >= 15 is 0 Å². The Kier molecular flexibility index (Phi) is 9.01. The molecule has 1 unspecified atom stereocenters. The van der Waals surface area contributed by atoms with Crippen molar-refractivity contribution in [2.45, 2.75) is 58.4 Å². The van der Waals surface area contributed by atoms with E-state index in [2.05, 4.69) is 20.6 Å². The number of ketones is 1. The minimum absolute atomic E-state index is 0.118. The minimum Gasteiger partial charge on any atom is -0.497 e.